The van der Waals surface area contributed by atoms with Crippen molar-refractivity contribution in [3.05, 3.63) is 23.8 Å². The maximum Gasteiger partial charge on any atom is 0.246 e. The van der Waals surface area contributed by atoms with Gasteiger partial charge in [0.1, 0.15) is 24.4 Å². The van der Waals surface area contributed by atoms with Crippen LogP contribution in [0, 0.1) is 0 Å². The van der Waals surface area contributed by atoms with E-state index >= 15 is 0 Å². The number of carbonyl (C=O) groups is 2. The highest BCUT2D eigenvalue weighted by Gasteiger charge is 2.34. The van der Waals surface area contributed by atoms with E-state index in [9.17, 15) is 30.0 Å². The molecule has 8 N–H and O–H groups in total. The van der Waals surface area contributed by atoms with Gasteiger partial charge in [0.05, 0.1) is 12.6 Å². The molecule has 0 aliphatic heterocycles. The molecule has 0 saturated carbocycles. The van der Waals surface area contributed by atoms with Crippen LogP contribution < -0.4 is 11.1 Å². The molecule has 0 bridgehead atoms. The second-order valence-corrected chi connectivity index (χ2v) is 5.22. The first-order valence-corrected chi connectivity index (χ1v) is 6.80. The predicted octanol–water partition coefficient (Wildman–Crippen LogP) is -3.09. The standard InChI is InChI=1S/C14H24N2O7/c1-6(2)14(23)16-8(4-7(3)13(15)22)10(19)12(21)11(20)9(18)5-17/h4,8-12,17-21H,1,5H2,2-3H3,(H2,15,22)(H,16,23)/t8?,9-,10+,11-,12-/m1/s1. The summed E-state index contributed by atoms with van der Waals surface area (Å²) in [5.41, 5.74) is 5.19. The van der Waals surface area contributed by atoms with E-state index < -0.39 is 48.9 Å². The normalized spacial score (nSPS) is 18.5. The van der Waals surface area contributed by atoms with Gasteiger partial charge in [0, 0.05) is 11.1 Å². The lowest BCUT2D eigenvalue weighted by Crippen LogP contribution is -2.54. The molecule has 0 aliphatic carbocycles. The lowest BCUT2D eigenvalue weighted by atomic mass is 9.96. The van der Waals surface area contributed by atoms with E-state index in [4.69, 9.17) is 10.8 Å². The fourth-order valence-corrected chi connectivity index (χ4v) is 1.60. The Bertz CT molecular complexity index is 478. The van der Waals surface area contributed by atoms with Gasteiger partial charge in [-0.2, -0.15) is 0 Å². The molecule has 5 atom stereocenters. The van der Waals surface area contributed by atoms with Gasteiger partial charge in [-0.05, 0) is 13.8 Å². The Morgan fingerprint density at radius 3 is 2.04 bits per heavy atom. The van der Waals surface area contributed by atoms with E-state index in [-0.39, 0.29) is 11.1 Å². The van der Waals surface area contributed by atoms with E-state index in [1.54, 1.807) is 0 Å². The molecule has 0 aromatic heterocycles. The summed E-state index contributed by atoms with van der Waals surface area (Å²) in [6.07, 6.45) is -6.16. The Morgan fingerprint density at radius 2 is 1.65 bits per heavy atom. The third-order valence-corrected chi connectivity index (χ3v) is 3.15. The number of primary amides is 1. The van der Waals surface area contributed by atoms with Gasteiger partial charge in [0.2, 0.25) is 11.8 Å². The minimum Gasteiger partial charge on any atom is -0.394 e. The van der Waals surface area contributed by atoms with Gasteiger partial charge < -0.3 is 36.6 Å². The Hall–Kier alpha value is -1.78. The van der Waals surface area contributed by atoms with Gasteiger partial charge >= 0.3 is 0 Å². The van der Waals surface area contributed by atoms with Crippen molar-refractivity contribution in [3.8, 4) is 0 Å². The number of hydrogen-bond acceptors (Lipinski definition) is 7. The summed E-state index contributed by atoms with van der Waals surface area (Å²) in [7, 11) is 0. The average Bonchev–Trinajstić information content (AvgIpc) is 2.50. The summed E-state index contributed by atoms with van der Waals surface area (Å²) in [4.78, 5) is 22.8. The molecular weight excluding hydrogens is 308 g/mol. The molecule has 0 aromatic rings. The van der Waals surface area contributed by atoms with Gasteiger partial charge in [-0.25, -0.2) is 0 Å². The average molecular weight is 332 g/mol. The van der Waals surface area contributed by atoms with E-state index in [0.29, 0.717) is 0 Å². The highest BCUT2D eigenvalue weighted by Crippen LogP contribution is 2.11. The van der Waals surface area contributed by atoms with Crippen LogP contribution in [0.25, 0.3) is 0 Å². The van der Waals surface area contributed by atoms with Crippen molar-refractivity contribution >= 4 is 11.8 Å². The van der Waals surface area contributed by atoms with Crippen LogP contribution in [-0.4, -0.2) is 74.4 Å². The van der Waals surface area contributed by atoms with Gasteiger partial charge in [-0.1, -0.05) is 12.7 Å². The third kappa shape index (κ3) is 6.47. The number of aliphatic hydroxyl groups is 5. The summed E-state index contributed by atoms with van der Waals surface area (Å²) < 4.78 is 0. The summed E-state index contributed by atoms with van der Waals surface area (Å²) in [5, 5.41) is 50.0. The van der Waals surface area contributed by atoms with Gasteiger partial charge in [-0.3, -0.25) is 9.59 Å². The van der Waals surface area contributed by atoms with Crippen LogP contribution in [0.3, 0.4) is 0 Å². The maximum atomic E-state index is 11.7. The number of amides is 2. The van der Waals surface area contributed by atoms with Crippen molar-refractivity contribution in [1.82, 2.24) is 5.32 Å². The Labute approximate surface area is 133 Å². The summed E-state index contributed by atoms with van der Waals surface area (Å²) in [6, 6.07) is -1.29. The van der Waals surface area contributed by atoms with Crippen LogP contribution in [0.4, 0.5) is 0 Å². The Kier molecular flexibility index (Phi) is 8.65. The van der Waals surface area contributed by atoms with Gasteiger partial charge in [0.15, 0.2) is 0 Å². The fraction of sp³-hybridized carbons (Fsp3) is 0.571. The van der Waals surface area contributed by atoms with Crippen LogP contribution in [-0.2, 0) is 9.59 Å². The molecule has 1 unspecified atom stereocenters. The number of nitrogens with one attached hydrogen (secondary N) is 1. The molecule has 9 heteroatoms. The molecule has 132 valence electrons. The van der Waals surface area contributed by atoms with E-state index in [1.165, 1.54) is 13.8 Å². The first-order valence-electron chi connectivity index (χ1n) is 6.80. The molecule has 0 fully saturated rings. The quantitative estimate of drug-likeness (QED) is 0.219. The fourth-order valence-electron chi connectivity index (χ4n) is 1.60. The van der Waals surface area contributed by atoms with Crippen LogP contribution in [0.5, 0.6) is 0 Å². The summed E-state index contributed by atoms with van der Waals surface area (Å²) in [6.45, 7) is 5.31. The molecule has 0 radical (unpaired) electrons. The minimum atomic E-state index is -1.91. The maximum absolute atomic E-state index is 11.7. The molecule has 0 aromatic carbocycles. The molecule has 0 rings (SSSR count). The second kappa shape index (κ2) is 9.38. The minimum absolute atomic E-state index is 0.000428. The van der Waals surface area contributed by atoms with Crippen molar-refractivity contribution < 1.29 is 35.1 Å². The topological polar surface area (TPSA) is 173 Å². The second-order valence-electron chi connectivity index (χ2n) is 5.22. The van der Waals surface area contributed by atoms with Crippen molar-refractivity contribution in [2.45, 2.75) is 44.3 Å². The molecule has 2 amide bonds. The summed E-state index contributed by atoms with van der Waals surface area (Å²) in [5.74, 6) is -1.47. The molecule has 9 nitrogen and oxygen atoms in total. The van der Waals surface area contributed by atoms with Crippen molar-refractivity contribution in [1.29, 1.82) is 0 Å². The molecule has 23 heavy (non-hydrogen) atoms. The van der Waals surface area contributed by atoms with E-state index in [2.05, 4.69) is 11.9 Å². The largest absolute Gasteiger partial charge is 0.394 e. The van der Waals surface area contributed by atoms with Crippen molar-refractivity contribution in [3.63, 3.8) is 0 Å². The third-order valence-electron chi connectivity index (χ3n) is 3.15. The van der Waals surface area contributed by atoms with Gasteiger partial charge in [0.25, 0.3) is 0 Å². The highest BCUT2D eigenvalue weighted by atomic mass is 16.4. The number of carbonyl (C=O) groups excluding carboxylic acids is 2. The first-order chi connectivity index (χ1) is 10.5. The molecule has 0 spiro atoms. The van der Waals surface area contributed by atoms with E-state index in [1.807, 2.05) is 0 Å². The molecule has 0 aliphatic rings. The van der Waals surface area contributed by atoms with E-state index in [0.717, 1.165) is 6.08 Å². The van der Waals surface area contributed by atoms with Crippen LogP contribution in [0.2, 0.25) is 0 Å². The van der Waals surface area contributed by atoms with Crippen LogP contribution in [0.15, 0.2) is 23.8 Å². The lowest BCUT2D eigenvalue weighted by molar-refractivity contribution is -0.127. The SMILES string of the molecule is C=C(C)C(=O)NC(C=C(C)C(N)=O)[C@H](O)[C@@H](O)[C@H](O)[C@H](O)CO. The number of nitrogens with two attached hydrogens (primary N) is 1. The zero-order valence-corrected chi connectivity index (χ0v) is 13.0. The van der Waals surface area contributed by atoms with Gasteiger partial charge in [-0.15, -0.1) is 0 Å². The zero-order valence-electron chi connectivity index (χ0n) is 13.0. The monoisotopic (exact) mass is 332 g/mol. The van der Waals surface area contributed by atoms with Crippen LogP contribution in [0.1, 0.15) is 13.8 Å². The highest BCUT2D eigenvalue weighted by molar-refractivity contribution is 5.93. The van der Waals surface area contributed by atoms with Crippen LogP contribution >= 0.6 is 0 Å². The van der Waals surface area contributed by atoms with Crippen molar-refractivity contribution in [2.75, 3.05) is 6.61 Å². The predicted molar refractivity (Wildman–Crippen MR) is 80.8 cm³/mol. The van der Waals surface area contributed by atoms with Crippen molar-refractivity contribution in [2.24, 2.45) is 5.73 Å². The zero-order chi connectivity index (χ0) is 18.3. The Morgan fingerprint density at radius 1 is 1.13 bits per heavy atom. The smallest absolute Gasteiger partial charge is 0.246 e. The molecule has 0 saturated heterocycles. The lowest BCUT2D eigenvalue weighted by Gasteiger charge is -2.30. The molecular formula is C14H24N2O7. The summed E-state index contributed by atoms with van der Waals surface area (Å²) >= 11 is 0. The molecule has 0 heterocycles. The number of rotatable bonds is 9. The number of aliphatic hydroxyl groups excluding tert-OH is 5. The Balaban J connectivity index is 5.40. The number of hydrogen-bond donors (Lipinski definition) is 7. The first kappa shape index (κ1) is 21.2.